The van der Waals surface area contributed by atoms with E-state index in [-0.39, 0.29) is 11.3 Å². The second-order valence-electron chi connectivity index (χ2n) is 10.1. The number of carbonyl (C=O) groups is 2. The molecule has 214 valence electrons. The van der Waals surface area contributed by atoms with Gasteiger partial charge in [0.2, 0.25) is 5.78 Å². The summed E-state index contributed by atoms with van der Waals surface area (Å²) in [4.78, 5) is 32.9. The minimum absolute atomic E-state index is 0.0103. The summed E-state index contributed by atoms with van der Waals surface area (Å²) in [6.07, 6.45) is 10.3. The molecule has 0 bridgehead atoms. The highest BCUT2D eigenvalue weighted by atomic mass is 16.5. The van der Waals surface area contributed by atoms with Crippen LogP contribution >= 0.6 is 0 Å². The Morgan fingerprint density at radius 1 is 1.07 bits per heavy atom. The normalized spacial score (nSPS) is 15.2. The lowest BCUT2D eigenvalue weighted by Gasteiger charge is -2.27. The molecule has 1 N–H and O–H groups in total. The molecule has 1 aliphatic heterocycles. The molecule has 0 aliphatic carbocycles. The fraction of sp³-hybridized carbons (Fsp3) is 0.344. The van der Waals surface area contributed by atoms with Gasteiger partial charge in [0.05, 0.1) is 31.7 Å². The second-order valence-corrected chi connectivity index (χ2v) is 10.1. The molecule has 0 spiro atoms. The van der Waals surface area contributed by atoms with Gasteiger partial charge in [0.25, 0.3) is 5.91 Å². The number of benzene rings is 2. The number of unbranched alkanes of at least 4 members (excludes halogenated alkanes) is 3. The molecule has 1 amide bonds. The lowest BCUT2D eigenvalue weighted by molar-refractivity contribution is -0.129. The van der Waals surface area contributed by atoms with E-state index in [4.69, 9.17) is 13.9 Å². The number of Topliss-reactive ketones (excluding diaryl/α,β-unsaturated/α-hetero) is 1. The molecule has 3 heterocycles. The Labute approximate surface area is 239 Å². The number of ether oxygens (including phenoxy) is 2. The maximum atomic E-state index is 13.9. The number of aryl methyl sites for hydroxylation is 1. The lowest BCUT2D eigenvalue weighted by Crippen LogP contribution is -2.32. The van der Waals surface area contributed by atoms with E-state index in [9.17, 15) is 14.7 Å². The quantitative estimate of drug-likeness (QED) is 0.144. The third kappa shape index (κ3) is 5.99. The molecule has 2 aromatic carbocycles. The fourth-order valence-corrected chi connectivity index (χ4v) is 5.21. The van der Waals surface area contributed by atoms with Crippen LogP contribution in [0.5, 0.6) is 11.5 Å². The minimum Gasteiger partial charge on any atom is -0.503 e. The summed E-state index contributed by atoms with van der Waals surface area (Å²) >= 11 is 0. The Kier molecular flexibility index (Phi) is 8.72. The van der Waals surface area contributed by atoms with Crippen LogP contribution in [0.1, 0.15) is 61.2 Å². The van der Waals surface area contributed by atoms with Crippen molar-refractivity contribution >= 4 is 22.7 Å². The number of aliphatic hydroxyl groups is 1. The van der Waals surface area contributed by atoms with Gasteiger partial charge in [-0.3, -0.25) is 9.59 Å². The molecular weight excluding hydrogens is 522 g/mol. The van der Waals surface area contributed by atoms with Crippen molar-refractivity contribution in [2.45, 2.75) is 51.6 Å². The van der Waals surface area contributed by atoms with Crippen LogP contribution in [-0.4, -0.2) is 51.5 Å². The van der Waals surface area contributed by atoms with Gasteiger partial charge < -0.3 is 28.5 Å². The van der Waals surface area contributed by atoms with E-state index in [1.54, 1.807) is 35.6 Å². The molecule has 5 rings (SSSR count). The van der Waals surface area contributed by atoms with Crippen molar-refractivity contribution in [1.29, 1.82) is 0 Å². The average Bonchev–Trinajstić information content (AvgIpc) is 3.72. The van der Waals surface area contributed by atoms with Crippen LogP contribution in [0.25, 0.3) is 11.0 Å². The summed E-state index contributed by atoms with van der Waals surface area (Å²) in [6.45, 7) is 3.76. The summed E-state index contributed by atoms with van der Waals surface area (Å²) < 4.78 is 19.1. The lowest BCUT2D eigenvalue weighted by atomic mass is 9.95. The van der Waals surface area contributed by atoms with E-state index in [1.807, 2.05) is 41.1 Å². The third-order valence-electron chi connectivity index (χ3n) is 7.34. The first-order valence-electron chi connectivity index (χ1n) is 14.1. The van der Waals surface area contributed by atoms with E-state index >= 15 is 0 Å². The smallest absolute Gasteiger partial charge is 0.290 e. The van der Waals surface area contributed by atoms with Crippen molar-refractivity contribution in [3.63, 3.8) is 0 Å². The molecule has 2 aromatic heterocycles. The minimum atomic E-state index is -0.786. The highest BCUT2D eigenvalue weighted by Gasteiger charge is 2.44. The monoisotopic (exact) mass is 557 g/mol. The number of ketones is 1. The predicted molar refractivity (Wildman–Crippen MR) is 154 cm³/mol. The van der Waals surface area contributed by atoms with Crippen LogP contribution in [0.4, 0.5) is 0 Å². The molecule has 9 heteroatoms. The zero-order valence-electron chi connectivity index (χ0n) is 23.4. The molecular formula is C32H35N3O6. The molecule has 4 aromatic rings. The Morgan fingerprint density at radius 2 is 1.90 bits per heavy atom. The van der Waals surface area contributed by atoms with Gasteiger partial charge in [-0.05, 0) is 42.7 Å². The number of amides is 1. The predicted octanol–water partition coefficient (Wildman–Crippen LogP) is 6.27. The van der Waals surface area contributed by atoms with Crippen LogP contribution < -0.4 is 9.47 Å². The van der Waals surface area contributed by atoms with Crippen LogP contribution in [0, 0.1) is 0 Å². The second kappa shape index (κ2) is 12.8. The highest BCUT2D eigenvalue weighted by Crippen LogP contribution is 2.40. The number of methoxy groups -OCH3 is 1. The number of imidazole rings is 1. The Morgan fingerprint density at radius 3 is 2.63 bits per heavy atom. The van der Waals surface area contributed by atoms with Crippen LogP contribution in [0.2, 0.25) is 0 Å². The molecule has 0 radical (unpaired) electrons. The van der Waals surface area contributed by atoms with Gasteiger partial charge in [-0.25, -0.2) is 4.98 Å². The number of carbonyl (C=O) groups excluding carboxylic acids is 2. The standard InChI is InChI=1S/C32H35N3O6/c1-3-4-5-6-19-40-24-13-11-22(12-14-24)28-27(29(36)26-20-23-9-7-10-25(39-2)31(23)41-26)30(37)32(38)35(28)17-8-16-34-18-15-33-21-34/h7,9-15,18,20-21,28,37H,3-6,8,16-17,19H2,1-2H3. The zero-order valence-corrected chi connectivity index (χ0v) is 23.4. The van der Waals surface area contributed by atoms with Crippen molar-refractivity contribution in [2.24, 2.45) is 0 Å². The van der Waals surface area contributed by atoms with E-state index in [1.165, 1.54) is 13.5 Å². The number of rotatable bonds is 14. The van der Waals surface area contributed by atoms with Crippen LogP contribution in [-0.2, 0) is 11.3 Å². The van der Waals surface area contributed by atoms with Gasteiger partial charge in [-0.15, -0.1) is 0 Å². The van der Waals surface area contributed by atoms with E-state index < -0.39 is 23.5 Å². The van der Waals surface area contributed by atoms with E-state index in [2.05, 4.69) is 11.9 Å². The van der Waals surface area contributed by atoms with Gasteiger partial charge in [0, 0.05) is 30.9 Å². The molecule has 0 fully saturated rings. The maximum absolute atomic E-state index is 13.9. The van der Waals surface area contributed by atoms with Crippen LogP contribution in [0.3, 0.4) is 0 Å². The Hall–Kier alpha value is -4.53. The number of nitrogens with zero attached hydrogens (tertiary/aromatic N) is 3. The first-order chi connectivity index (χ1) is 20.0. The summed E-state index contributed by atoms with van der Waals surface area (Å²) in [5.41, 5.74) is 1.11. The number of hydrogen-bond donors (Lipinski definition) is 1. The zero-order chi connectivity index (χ0) is 28.8. The van der Waals surface area contributed by atoms with Crippen molar-refractivity contribution < 1.29 is 28.6 Å². The van der Waals surface area contributed by atoms with E-state index in [0.29, 0.717) is 54.1 Å². The highest BCUT2D eigenvalue weighted by molar-refractivity contribution is 6.16. The maximum Gasteiger partial charge on any atom is 0.290 e. The largest absolute Gasteiger partial charge is 0.503 e. The number of hydrogen-bond acceptors (Lipinski definition) is 7. The number of para-hydroxylation sites is 1. The average molecular weight is 558 g/mol. The molecule has 1 unspecified atom stereocenters. The first-order valence-corrected chi connectivity index (χ1v) is 14.1. The SMILES string of the molecule is CCCCCCOc1ccc(C2C(C(=O)c3cc4cccc(OC)c4o3)=C(O)C(=O)N2CCCn2ccnc2)cc1. The summed E-state index contributed by atoms with van der Waals surface area (Å²) in [7, 11) is 1.53. The third-order valence-corrected chi connectivity index (χ3v) is 7.34. The van der Waals surface area contributed by atoms with Crippen molar-refractivity contribution in [3.8, 4) is 11.5 Å². The topological polar surface area (TPSA) is 107 Å². The van der Waals surface area contributed by atoms with E-state index in [0.717, 1.165) is 19.3 Å². The number of fused-ring (bicyclic) bond motifs is 1. The molecule has 0 saturated heterocycles. The summed E-state index contributed by atoms with van der Waals surface area (Å²) in [5.74, 6) is -0.472. The summed E-state index contributed by atoms with van der Waals surface area (Å²) in [6, 6.07) is 13.6. The van der Waals surface area contributed by atoms with Gasteiger partial charge in [0.1, 0.15) is 5.75 Å². The van der Waals surface area contributed by atoms with Crippen molar-refractivity contribution in [3.05, 3.63) is 89.9 Å². The molecule has 1 atom stereocenters. The van der Waals surface area contributed by atoms with Gasteiger partial charge in [0.15, 0.2) is 22.9 Å². The number of aromatic nitrogens is 2. The number of aliphatic hydroxyl groups excluding tert-OH is 1. The van der Waals surface area contributed by atoms with Gasteiger partial charge >= 0.3 is 0 Å². The van der Waals surface area contributed by atoms with Crippen LogP contribution in [0.15, 0.2) is 83.0 Å². The number of furan rings is 1. The molecule has 1 aliphatic rings. The first kappa shape index (κ1) is 28.0. The Bertz CT molecular complexity index is 1520. The summed E-state index contributed by atoms with van der Waals surface area (Å²) in [5, 5.41) is 11.7. The molecule has 0 saturated carbocycles. The Balaban J connectivity index is 1.43. The molecule has 9 nitrogen and oxygen atoms in total. The molecule has 41 heavy (non-hydrogen) atoms. The van der Waals surface area contributed by atoms with Gasteiger partial charge in [-0.1, -0.05) is 50.5 Å². The van der Waals surface area contributed by atoms with Crippen molar-refractivity contribution in [1.82, 2.24) is 14.5 Å². The van der Waals surface area contributed by atoms with Crippen molar-refractivity contribution in [2.75, 3.05) is 20.3 Å². The fourth-order valence-electron chi connectivity index (χ4n) is 5.21. The van der Waals surface area contributed by atoms with Gasteiger partial charge in [-0.2, -0.15) is 0 Å².